The SMILES string of the molecule is c1ccc(-c2cc(-c3ccccc3)cc(-c3cccc4oc5cc(-c6nc(-c7ccccc7)nc(-c7ccc8c9ccccc9c9ccccc9c8c7)n6)ccc5c34)c2)cc1. The third-order valence-electron chi connectivity index (χ3n) is 11.9. The molecule has 2 aromatic heterocycles. The number of furan rings is 1. The number of nitrogens with zero attached hydrogens (tertiary/aromatic N) is 3. The second-order valence-electron chi connectivity index (χ2n) is 15.5. The van der Waals surface area contributed by atoms with Gasteiger partial charge in [0.2, 0.25) is 0 Å². The van der Waals surface area contributed by atoms with Crippen LogP contribution in [0.25, 0.3) is 122 Å². The highest BCUT2D eigenvalue weighted by atomic mass is 16.3. The summed E-state index contributed by atoms with van der Waals surface area (Å²) in [6, 6.07) is 74.7. The van der Waals surface area contributed by atoms with E-state index >= 15 is 0 Å². The molecule has 12 aromatic rings. The maximum Gasteiger partial charge on any atom is 0.164 e. The minimum absolute atomic E-state index is 0.581. The Hall–Kier alpha value is -8.21. The molecule has 4 heteroatoms. The maximum atomic E-state index is 6.69. The van der Waals surface area contributed by atoms with Crippen molar-refractivity contribution in [3.63, 3.8) is 0 Å². The van der Waals surface area contributed by atoms with Crippen LogP contribution in [0.4, 0.5) is 0 Å². The van der Waals surface area contributed by atoms with Crippen LogP contribution in [0.5, 0.6) is 0 Å². The number of hydrogen-bond acceptors (Lipinski definition) is 4. The fraction of sp³-hybridized carbons (Fsp3) is 0. The van der Waals surface area contributed by atoms with Gasteiger partial charge in [-0.05, 0) is 108 Å². The minimum atomic E-state index is 0.581. The zero-order valence-corrected chi connectivity index (χ0v) is 33.0. The molecule has 0 N–H and O–H groups in total. The number of benzene rings is 10. The fourth-order valence-electron chi connectivity index (χ4n) is 8.98. The Morgan fingerprint density at radius 1 is 0.246 bits per heavy atom. The molecule has 0 aliphatic carbocycles. The first-order valence-corrected chi connectivity index (χ1v) is 20.6. The molecule has 61 heavy (non-hydrogen) atoms. The van der Waals surface area contributed by atoms with Crippen molar-refractivity contribution in [2.24, 2.45) is 0 Å². The van der Waals surface area contributed by atoms with E-state index in [2.05, 4.69) is 182 Å². The lowest BCUT2D eigenvalue weighted by Crippen LogP contribution is -2.00. The van der Waals surface area contributed by atoms with Gasteiger partial charge in [-0.15, -0.1) is 0 Å². The normalized spacial score (nSPS) is 11.6. The summed E-state index contributed by atoms with van der Waals surface area (Å²) in [5.41, 5.74) is 11.2. The van der Waals surface area contributed by atoms with Gasteiger partial charge in [0.15, 0.2) is 17.5 Å². The standard InChI is InChI=1S/C57H35N3O/c1-4-15-36(16-5-1)41-31-42(37-17-6-2-7-18-37)33-43(32-41)44-25-14-26-52-54(44)50-30-28-40(35-53(50)61-52)57-59-55(38-19-8-3-9-20-38)58-56(60-57)39-27-29-49-47-23-11-10-21-45(47)46-22-12-13-24-48(46)51(49)34-39/h1-35H. The Morgan fingerprint density at radius 2 is 0.689 bits per heavy atom. The summed E-state index contributed by atoms with van der Waals surface area (Å²) in [6.07, 6.45) is 0. The summed E-state index contributed by atoms with van der Waals surface area (Å²) in [7, 11) is 0. The van der Waals surface area contributed by atoms with E-state index in [1.165, 1.54) is 43.4 Å². The zero-order valence-electron chi connectivity index (χ0n) is 33.0. The van der Waals surface area contributed by atoms with Crippen LogP contribution in [0.2, 0.25) is 0 Å². The van der Waals surface area contributed by atoms with Gasteiger partial charge >= 0.3 is 0 Å². The number of rotatable bonds is 6. The Balaban J connectivity index is 1.02. The quantitative estimate of drug-likeness (QED) is 0.158. The van der Waals surface area contributed by atoms with E-state index in [0.29, 0.717) is 17.5 Å². The van der Waals surface area contributed by atoms with E-state index in [1.807, 2.05) is 30.3 Å². The summed E-state index contributed by atoms with van der Waals surface area (Å²) in [6.45, 7) is 0. The molecule has 0 radical (unpaired) electrons. The summed E-state index contributed by atoms with van der Waals surface area (Å²) < 4.78 is 6.69. The molecule has 0 saturated heterocycles. The lowest BCUT2D eigenvalue weighted by Gasteiger charge is -2.12. The van der Waals surface area contributed by atoms with Gasteiger partial charge in [-0.1, -0.05) is 170 Å². The highest BCUT2D eigenvalue weighted by molar-refractivity contribution is 6.25. The Kier molecular flexibility index (Phi) is 8.13. The van der Waals surface area contributed by atoms with E-state index in [-0.39, 0.29) is 0 Å². The Labute approximate surface area is 352 Å². The van der Waals surface area contributed by atoms with E-state index in [4.69, 9.17) is 19.4 Å². The molecular weight excluding hydrogens is 743 g/mol. The topological polar surface area (TPSA) is 51.8 Å². The van der Waals surface area contributed by atoms with Crippen molar-refractivity contribution in [3.05, 3.63) is 212 Å². The van der Waals surface area contributed by atoms with Gasteiger partial charge in [0.05, 0.1) is 0 Å². The highest BCUT2D eigenvalue weighted by Gasteiger charge is 2.19. The molecule has 0 spiro atoms. The van der Waals surface area contributed by atoms with Crippen molar-refractivity contribution in [2.75, 3.05) is 0 Å². The van der Waals surface area contributed by atoms with E-state index < -0.39 is 0 Å². The van der Waals surface area contributed by atoms with Gasteiger partial charge < -0.3 is 4.42 Å². The molecule has 12 rings (SSSR count). The van der Waals surface area contributed by atoms with Crippen LogP contribution in [-0.4, -0.2) is 15.0 Å². The van der Waals surface area contributed by atoms with Gasteiger partial charge in [0.25, 0.3) is 0 Å². The Morgan fingerprint density at radius 3 is 1.26 bits per heavy atom. The molecule has 0 saturated carbocycles. The van der Waals surface area contributed by atoms with Crippen molar-refractivity contribution in [1.82, 2.24) is 15.0 Å². The summed E-state index contributed by atoms with van der Waals surface area (Å²) in [5, 5.41) is 9.38. The molecule has 10 aromatic carbocycles. The van der Waals surface area contributed by atoms with Crippen molar-refractivity contribution < 1.29 is 4.42 Å². The number of fused-ring (bicyclic) bond motifs is 9. The van der Waals surface area contributed by atoms with Crippen LogP contribution < -0.4 is 0 Å². The summed E-state index contributed by atoms with van der Waals surface area (Å²) in [5.74, 6) is 1.81. The average molecular weight is 778 g/mol. The molecule has 0 bridgehead atoms. The lowest BCUT2D eigenvalue weighted by atomic mass is 9.91. The number of aromatic nitrogens is 3. The molecule has 4 nitrogen and oxygen atoms in total. The first kappa shape index (κ1) is 34.8. The van der Waals surface area contributed by atoms with Crippen molar-refractivity contribution in [2.45, 2.75) is 0 Å². The van der Waals surface area contributed by atoms with Crippen LogP contribution >= 0.6 is 0 Å². The second kappa shape index (κ2) is 14.3. The highest BCUT2D eigenvalue weighted by Crippen LogP contribution is 2.42. The van der Waals surface area contributed by atoms with Gasteiger partial charge in [0.1, 0.15) is 11.2 Å². The monoisotopic (exact) mass is 777 g/mol. The predicted molar refractivity (Wildman–Crippen MR) is 252 cm³/mol. The fourth-order valence-corrected chi connectivity index (χ4v) is 8.98. The predicted octanol–water partition coefficient (Wildman–Crippen LogP) is 15.2. The largest absolute Gasteiger partial charge is 0.456 e. The smallest absolute Gasteiger partial charge is 0.164 e. The van der Waals surface area contributed by atoms with Crippen LogP contribution in [0.15, 0.2) is 217 Å². The van der Waals surface area contributed by atoms with Crippen LogP contribution in [-0.2, 0) is 0 Å². The van der Waals surface area contributed by atoms with Crippen LogP contribution in [0, 0.1) is 0 Å². The number of hydrogen-bond donors (Lipinski definition) is 0. The molecule has 284 valence electrons. The minimum Gasteiger partial charge on any atom is -0.456 e. The first-order chi connectivity index (χ1) is 30.2. The summed E-state index contributed by atoms with van der Waals surface area (Å²) >= 11 is 0. The van der Waals surface area contributed by atoms with Gasteiger partial charge in [-0.3, -0.25) is 0 Å². The van der Waals surface area contributed by atoms with Crippen molar-refractivity contribution in [1.29, 1.82) is 0 Å². The first-order valence-electron chi connectivity index (χ1n) is 20.6. The third-order valence-corrected chi connectivity index (χ3v) is 11.9. The average Bonchev–Trinajstić information content (AvgIpc) is 3.73. The van der Waals surface area contributed by atoms with Crippen molar-refractivity contribution in [3.8, 4) is 67.5 Å². The molecule has 0 amide bonds. The third kappa shape index (κ3) is 6.04. The maximum absolute atomic E-state index is 6.69. The molecule has 0 fully saturated rings. The summed E-state index contributed by atoms with van der Waals surface area (Å²) in [4.78, 5) is 15.4. The van der Waals surface area contributed by atoms with Crippen LogP contribution in [0.3, 0.4) is 0 Å². The van der Waals surface area contributed by atoms with E-state index in [1.54, 1.807) is 0 Å². The van der Waals surface area contributed by atoms with Gasteiger partial charge in [0, 0.05) is 27.5 Å². The van der Waals surface area contributed by atoms with E-state index in [0.717, 1.165) is 60.9 Å². The molecular formula is C57H35N3O. The molecule has 0 unspecified atom stereocenters. The molecule has 0 aliphatic rings. The van der Waals surface area contributed by atoms with Gasteiger partial charge in [-0.2, -0.15) is 0 Å². The van der Waals surface area contributed by atoms with Crippen molar-refractivity contribution >= 4 is 54.3 Å². The van der Waals surface area contributed by atoms with Gasteiger partial charge in [-0.25, -0.2) is 15.0 Å². The van der Waals surface area contributed by atoms with Crippen LogP contribution in [0.1, 0.15) is 0 Å². The Bertz CT molecular complexity index is 3540. The van der Waals surface area contributed by atoms with E-state index in [9.17, 15) is 0 Å². The zero-order chi connectivity index (χ0) is 40.3. The molecule has 0 aliphatic heterocycles. The molecule has 0 atom stereocenters. The lowest BCUT2D eigenvalue weighted by molar-refractivity contribution is 0.669. The second-order valence-corrected chi connectivity index (χ2v) is 15.5. The molecule has 2 heterocycles.